The maximum absolute atomic E-state index is 5.76. The zero-order valence-corrected chi connectivity index (χ0v) is 8.62. The summed E-state index contributed by atoms with van der Waals surface area (Å²) >= 11 is 5.76. The quantitative estimate of drug-likeness (QED) is 0.692. The van der Waals surface area contributed by atoms with E-state index in [2.05, 4.69) is 20.5 Å². The van der Waals surface area contributed by atoms with Gasteiger partial charge in [0, 0.05) is 18.0 Å². The van der Waals surface area contributed by atoms with Crippen LogP contribution in [-0.2, 0) is 6.54 Å². The van der Waals surface area contributed by atoms with Crippen LogP contribution in [0.2, 0.25) is 5.15 Å². The van der Waals surface area contributed by atoms with Crippen molar-refractivity contribution in [2.75, 3.05) is 11.1 Å². The Morgan fingerprint density at radius 2 is 2.33 bits per heavy atom. The second-order valence-corrected chi connectivity index (χ2v) is 3.43. The molecule has 0 bridgehead atoms. The highest BCUT2D eigenvalue weighted by atomic mass is 35.5. The standard InChI is InChI=1S/C9H10ClN5/c10-8-3-6(11)4-9(14-8)12-5-7-1-2-13-15-7/h1-4H,5H2,(H,13,15)(H3,11,12,14). The molecule has 0 unspecified atom stereocenters. The molecule has 0 spiro atoms. The second-order valence-electron chi connectivity index (χ2n) is 3.04. The molecule has 2 rings (SSSR count). The molecule has 0 aliphatic carbocycles. The third-order valence-corrected chi connectivity index (χ3v) is 2.03. The number of nitrogens with zero attached hydrogens (tertiary/aromatic N) is 2. The van der Waals surface area contributed by atoms with Gasteiger partial charge in [-0.25, -0.2) is 4.98 Å². The first-order valence-electron chi connectivity index (χ1n) is 4.39. The summed E-state index contributed by atoms with van der Waals surface area (Å²) in [5, 5.41) is 10.1. The zero-order valence-electron chi connectivity index (χ0n) is 7.87. The first kappa shape index (κ1) is 9.79. The lowest BCUT2D eigenvalue weighted by Crippen LogP contribution is -2.02. The van der Waals surface area contributed by atoms with E-state index in [9.17, 15) is 0 Å². The average molecular weight is 224 g/mol. The van der Waals surface area contributed by atoms with Crippen LogP contribution in [0.15, 0.2) is 24.4 Å². The molecule has 0 atom stereocenters. The zero-order chi connectivity index (χ0) is 10.7. The number of anilines is 2. The summed E-state index contributed by atoms with van der Waals surface area (Å²) in [6, 6.07) is 5.20. The van der Waals surface area contributed by atoms with E-state index in [1.807, 2.05) is 6.07 Å². The van der Waals surface area contributed by atoms with Gasteiger partial charge in [0.25, 0.3) is 0 Å². The number of nitrogen functional groups attached to an aromatic ring is 1. The molecular weight excluding hydrogens is 214 g/mol. The molecule has 78 valence electrons. The normalized spacial score (nSPS) is 10.2. The van der Waals surface area contributed by atoms with Crippen molar-refractivity contribution in [1.29, 1.82) is 0 Å². The van der Waals surface area contributed by atoms with E-state index in [0.29, 0.717) is 23.2 Å². The molecule has 0 fully saturated rings. The van der Waals surface area contributed by atoms with Crippen molar-refractivity contribution < 1.29 is 0 Å². The van der Waals surface area contributed by atoms with E-state index in [-0.39, 0.29) is 0 Å². The van der Waals surface area contributed by atoms with Gasteiger partial charge >= 0.3 is 0 Å². The number of hydrogen-bond acceptors (Lipinski definition) is 4. The minimum Gasteiger partial charge on any atom is -0.399 e. The number of pyridine rings is 1. The van der Waals surface area contributed by atoms with Gasteiger partial charge in [-0.1, -0.05) is 11.6 Å². The van der Waals surface area contributed by atoms with Crippen LogP contribution in [0.25, 0.3) is 0 Å². The van der Waals surface area contributed by atoms with Gasteiger partial charge in [0.05, 0.1) is 12.2 Å². The minimum atomic E-state index is 0.377. The highest BCUT2D eigenvalue weighted by Gasteiger charge is 1.99. The van der Waals surface area contributed by atoms with E-state index < -0.39 is 0 Å². The van der Waals surface area contributed by atoms with Crippen molar-refractivity contribution >= 4 is 23.1 Å². The van der Waals surface area contributed by atoms with Gasteiger partial charge in [0.1, 0.15) is 11.0 Å². The summed E-state index contributed by atoms with van der Waals surface area (Å²) in [7, 11) is 0. The van der Waals surface area contributed by atoms with Crippen LogP contribution in [0.3, 0.4) is 0 Å². The Hall–Kier alpha value is -1.75. The van der Waals surface area contributed by atoms with E-state index >= 15 is 0 Å². The lowest BCUT2D eigenvalue weighted by molar-refractivity contribution is 0.975. The van der Waals surface area contributed by atoms with Crippen molar-refractivity contribution in [3.05, 3.63) is 35.2 Å². The molecule has 6 heteroatoms. The third kappa shape index (κ3) is 2.60. The number of aromatic nitrogens is 3. The molecule has 4 N–H and O–H groups in total. The molecule has 0 aromatic carbocycles. The number of rotatable bonds is 3. The van der Waals surface area contributed by atoms with E-state index in [0.717, 1.165) is 5.69 Å². The third-order valence-electron chi connectivity index (χ3n) is 1.83. The number of aromatic amines is 1. The molecule has 0 amide bonds. The highest BCUT2D eigenvalue weighted by Crippen LogP contribution is 2.16. The van der Waals surface area contributed by atoms with E-state index in [4.69, 9.17) is 17.3 Å². The predicted molar refractivity (Wildman–Crippen MR) is 59.6 cm³/mol. The smallest absolute Gasteiger partial charge is 0.133 e. The number of hydrogen-bond donors (Lipinski definition) is 3. The molecule has 2 heterocycles. The molecule has 0 saturated heterocycles. The van der Waals surface area contributed by atoms with Gasteiger partial charge < -0.3 is 11.1 Å². The van der Waals surface area contributed by atoms with Crippen molar-refractivity contribution in [2.45, 2.75) is 6.54 Å². The Labute approximate surface area is 91.7 Å². The molecule has 15 heavy (non-hydrogen) atoms. The van der Waals surface area contributed by atoms with Crippen molar-refractivity contribution in [1.82, 2.24) is 15.2 Å². The Kier molecular flexibility index (Phi) is 2.73. The Morgan fingerprint density at radius 3 is 3.00 bits per heavy atom. The minimum absolute atomic E-state index is 0.377. The van der Waals surface area contributed by atoms with Crippen LogP contribution in [0.5, 0.6) is 0 Å². The van der Waals surface area contributed by atoms with Crippen molar-refractivity contribution in [3.63, 3.8) is 0 Å². The van der Waals surface area contributed by atoms with Crippen LogP contribution < -0.4 is 11.1 Å². The van der Waals surface area contributed by atoms with Crippen molar-refractivity contribution in [3.8, 4) is 0 Å². The van der Waals surface area contributed by atoms with Gasteiger partial charge in [0.2, 0.25) is 0 Å². The number of halogens is 1. The summed E-state index contributed by atoms with van der Waals surface area (Å²) in [4.78, 5) is 4.07. The molecular formula is C9H10ClN5. The molecule has 0 aliphatic heterocycles. The van der Waals surface area contributed by atoms with Crippen molar-refractivity contribution in [2.24, 2.45) is 0 Å². The first-order chi connectivity index (χ1) is 7.24. The molecule has 5 nitrogen and oxygen atoms in total. The summed E-state index contributed by atoms with van der Waals surface area (Å²) < 4.78 is 0. The van der Waals surface area contributed by atoms with Crippen LogP contribution >= 0.6 is 11.6 Å². The van der Waals surface area contributed by atoms with Gasteiger partial charge in [-0.3, -0.25) is 5.10 Å². The number of H-pyrrole nitrogens is 1. The van der Waals surface area contributed by atoms with Gasteiger partial charge in [-0.05, 0) is 12.1 Å². The second kappa shape index (κ2) is 4.18. The summed E-state index contributed by atoms with van der Waals surface area (Å²) in [6.07, 6.45) is 1.69. The summed E-state index contributed by atoms with van der Waals surface area (Å²) in [5.74, 6) is 0.648. The number of nitrogens with one attached hydrogen (secondary N) is 2. The molecule has 2 aromatic heterocycles. The number of nitrogens with two attached hydrogens (primary N) is 1. The molecule has 0 aliphatic rings. The maximum Gasteiger partial charge on any atom is 0.133 e. The predicted octanol–water partition coefficient (Wildman–Crippen LogP) is 1.65. The fraction of sp³-hybridized carbons (Fsp3) is 0.111. The van der Waals surface area contributed by atoms with Gasteiger partial charge in [-0.2, -0.15) is 5.10 Å². The lowest BCUT2D eigenvalue weighted by Gasteiger charge is -2.05. The largest absolute Gasteiger partial charge is 0.399 e. The van der Waals surface area contributed by atoms with Gasteiger partial charge in [-0.15, -0.1) is 0 Å². The molecule has 0 radical (unpaired) electrons. The molecule has 0 saturated carbocycles. The average Bonchev–Trinajstić information content (AvgIpc) is 2.65. The Balaban J connectivity index is 2.05. The van der Waals surface area contributed by atoms with Crippen LogP contribution in [-0.4, -0.2) is 15.2 Å². The maximum atomic E-state index is 5.76. The highest BCUT2D eigenvalue weighted by molar-refractivity contribution is 6.29. The monoisotopic (exact) mass is 223 g/mol. The fourth-order valence-electron chi connectivity index (χ4n) is 1.18. The fourth-order valence-corrected chi connectivity index (χ4v) is 1.39. The Morgan fingerprint density at radius 1 is 1.47 bits per heavy atom. The van der Waals surface area contributed by atoms with Crippen LogP contribution in [0.4, 0.5) is 11.5 Å². The van der Waals surface area contributed by atoms with E-state index in [1.54, 1.807) is 18.3 Å². The van der Waals surface area contributed by atoms with Crippen LogP contribution in [0, 0.1) is 0 Å². The molecule has 2 aromatic rings. The SMILES string of the molecule is Nc1cc(Cl)nc(NCc2ccn[nH]2)c1. The van der Waals surface area contributed by atoms with E-state index in [1.165, 1.54) is 0 Å². The topological polar surface area (TPSA) is 79.6 Å². The van der Waals surface area contributed by atoms with Crippen LogP contribution in [0.1, 0.15) is 5.69 Å². The lowest BCUT2D eigenvalue weighted by atomic mass is 10.4. The first-order valence-corrected chi connectivity index (χ1v) is 4.77. The Bertz CT molecular complexity index is 420. The summed E-state index contributed by atoms with van der Waals surface area (Å²) in [6.45, 7) is 0.604. The summed E-state index contributed by atoms with van der Waals surface area (Å²) in [5.41, 5.74) is 7.18. The van der Waals surface area contributed by atoms with Gasteiger partial charge in [0.15, 0.2) is 0 Å².